The fraction of sp³-hybridized carbons (Fsp3) is 0.375. The van der Waals surface area contributed by atoms with E-state index in [1.54, 1.807) is 24.3 Å². The van der Waals surface area contributed by atoms with Crippen molar-refractivity contribution in [2.75, 3.05) is 5.75 Å². The quantitative estimate of drug-likeness (QED) is 0.659. The molecule has 0 saturated carbocycles. The first-order valence-electron chi connectivity index (χ1n) is 7.86. The van der Waals surface area contributed by atoms with E-state index < -0.39 is 0 Å². The molecule has 1 aromatic carbocycles. The third kappa shape index (κ3) is 3.59. The van der Waals surface area contributed by atoms with Crippen LogP contribution < -0.4 is 11.1 Å². The van der Waals surface area contributed by atoms with Crippen molar-refractivity contribution < 1.29 is 4.42 Å². The van der Waals surface area contributed by atoms with Crippen LogP contribution >= 0.6 is 11.8 Å². The summed E-state index contributed by atoms with van der Waals surface area (Å²) in [6, 6.07) is 6.80. The van der Waals surface area contributed by atoms with E-state index in [4.69, 9.17) is 4.42 Å². The molecule has 0 saturated heterocycles. The van der Waals surface area contributed by atoms with Gasteiger partial charge in [-0.1, -0.05) is 30.8 Å². The normalized spacial score (nSPS) is 11.2. The van der Waals surface area contributed by atoms with E-state index in [-0.39, 0.29) is 11.1 Å². The van der Waals surface area contributed by atoms with Crippen LogP contribution in [0.4, 0.5) is 0 Å². The second-order valence-corrected chi connectivity index (χ2v) is 6.40. The van der Waals surface area contributed by atoms with Gasteiger partial charge in [0, 0.05) is 18.7 Å². The van der Waals surface area contributed by atoms with Crippen molar-refractivity contribution in [3.63, 3.8) is 0 Å². The Morgan fingerprint density at radius 1 is 1.21 bits per heavy atom. The highest BCUT2D eigenvalue weighted by Gasteiger charge is 2.09. The molecule has 0 aliphatic heterocycles. The van der Waals surface area contributed by atoms with Crippen molar-refractivity contribution in [2.45, 2.75) is 38.0 Å². The molecule has 3 rings (SSSR count). The molecule has 2 aromatic heterocycles. The van der Waals surface area contributed by atoms with Gasteiger partial charge in [0.2, 0.25) is 5.89 Å². The van der Waals surface area contributed by atoms with Crippen LogP contribution in [0.5, 0.6) is 0 Å². The zero-order valence-corrected chi connectivity index (χ0v) is 14.1. The molecule has 0 aliphatic rings. The van der Waals surface area contributed by atoms with E-state index in [1.807, 2.05) is 0 Å². The van der Waals surface area contributed by atoms with E-state index >= 15 is 0 Å². The smallest absolute Gasteiger partial charge is 0.276 e. The highest BCUT2D eigenvalue weighted by atomic mass is 32.2. The Kier molecular flexibility index (Phi) is 5.14. The highest BCUT2D eigenvalue weighted by Crippen LogP contribution is 2.17. The number of nitrogens with one attached hydrogen (secondary N) is 1. The summed E-state index contributed by atoms with van der Waals surface area (Å²) in [4.78, 5) is 24.4. The van der Waals surface area contributed by atoms with E-state index in [2.05, 4.69) is 22.2 Å². The Hall–Kier alpha value is -2.35. The van der Waals surface area contributed by atoms with Gasteiger partial charge in [-0.2, -0.15) is 0 Å². The van der Waals surface area contributed by atoms with Crippen LogP contribution in [0.15, 0.2) is 43.5 Å². The van der Waals surface area contributed by atoms with Gasteiger partial charge in [0.25, 0.3) is 16.3 Å². The minimum atomic E-state index is -0.263. The topological polar surface area (TPSA) is 93.8 Å². The molecule has 7 nitrogen and oxygen atoms in total. The number of aromatic amines is 1. The number of aromatic nitrogens is 4. The zero-order chi connectivity index (χ0) is 16.9. The minimum absolute atomic E-state index is 0.199. The number of thioether (sulfide) groups is 1. The Bertz CT molecular complexity index is 944. The van der Waals surface area contributed by atoms with Crippen molar-refractivity contribution >= 4 is 22.5 Å². The largest absolute Gasteiger partial charge is 0.416 e. The summed E-state index contributed by atoms with van der Waals surface area (Å²) in [5, 5.41) is 12.0. The van der Waals surface area contributed by atoms with Crippen molar-refractivity contribution in [3.05, 3.63) is 50.9 Å². The fourth-order valence-electron chi connectivity index (χ4n) is 2.38. The summed E-state index contributed by atoms with van der Waals surface area (Å²) >= 11 is 1.53. The lowest BCUT2D eigenvalue weighted by molar-refractivity contribution is 0.401. The molecule has 0 fully saturated rings. The average Bonchev–Trinajstić information content (AvgIpc) is 3.05. The minimum Gasteiger partial charge on any atom is -0.416 e. The average molecular weight is 346 g/mol. The molecule has 0 atom stereocenters. The Morgan fingerprint density at radius 3 is 2.79 bits per heavy atom. The number of nitrogens with zero attached hydrogens (tertiary/aromatic N) is 3. The first-order valence-corrected chi connectivity index (χ1v) is 8.84. The fourth-order valence-corrected chi connectivity index (χ4v) is 3.01. The van der Waals surface area contributed by atoms with Gasteiger partial charge in [0.15, 0.2) is 0 Å². The van der Waals surface area contributed by atoms with Crippen LogP contribution in [0.2, 0.25) is 0 Å². The predicted octanol–water partition coefficient (Wildman–Crippen LogP) is 2.21. The van der Waals surface area contributed by atoms with Gasteiger partial charge >= 0.3 is 0 Å². The van der Waals surface area contributed by atoms with Gasteiger partial charge in [-0.3, -0.25) is 14.7 Å². The summed E-state index contributed by atoms with van der Waals surface area (Å²) in [6.45, 7) is 2.48. The Morgan fingerprint density at radius 2 is 2.00 bits per heavy atom. The molecule has 126 valence electrons. The number of H-pyrrole nitrogens is 1. The van der Waals surface area contributed by atoms with Crippen LogP contribution in [-0.4, -0.2) is 25.7 Å². The molecule has 0 amide bonds. The van der Waals surface area contributed by atoms with Gasteiger partial charge in [0.05, 0.1) is 10.8 Å². The van der Waals surface area contributed by atoms with E-state index in [0.717, 1.165) is 12.2 Å². The first-order chi connectivity index (χ1) is 11.7. The molecular formula is C16H18N4O3S. The first kappa shape index (κ1) is 16.5. The van der Waals surface area contributed by atoms with Crippen LogP contribution in [0.1, 0.15) is 25.7 Å². The molecule has 1 N–H and O–H groups in total. The molecule has 0 bridgehead atoms. The van der Waals surface area contributed by atoms with Crippen LogP contribution in [0.3, 0.4) is 0 Å². The lowest BCUT2D eigenvalue weighted by Crippen LogP contribution is -2.30. The van der Waals surface area contributed by atoms with Gasteiger partial charge in [0.1, 0.15) is 0 Å². The van der Waals surface area contributed by atoms with Gasteiger partial charge < -0.3 is 4.42 Å². The molecule has 0 aliphatic carbocycles. The lowest BCUT2D eigenvalue weighted by Gasteiger charge is -2.06. The maximum absolute atomic E-state index is 12.4. The van der Waals surface area contributed by atoms with Gasteiger partial charge in [-0.05, 0) is 25.0 Å². The summed E-state index contributed by atoms with van der Waals surface area (Å²) in [6.07, 6.45) is 2.22. The standard InChI is InChI=1S/C16H18N4O3S/c1-2-10-24-16-18-17-13(23-16)8-5-9-20-15(22)12-7-4-3-6-11(12)14(21)19-20/h3-4,6-7H,2,5,8-10H2,1H3,(H,19,21). The number of aryl methyl sites for hydroxylation is 2. The SMILES string of the molecule is CCCSc1nnc(CCCn2[nH]c(=O)c3ccccc3c2=O)o1. The summed E-state index contributed by atoms with van der Waals surface area (Å²) in [5.41, 5.74) is -0.462. The highest BCUT2D eigenvalue weighted by molar-refractivity contribution is 7.99. The number of hydrogen-bond acceptors (Lipinski definition) is 6. The van der Waals surface area contributed by atoms with E-state index in [0.29, 0.717) is 41.3 Å². The van der Waals surface area contributed by atoms with Crippen LogP contribution in [-0.2, 0) is 13.0 Å². The maximum atomic E-state index is 12.4. The molecule has 0 unspecified atom stereocenters. The van der Waals surface area contributed by atoms with Gasteiger partial charge in [-0.25, -0.2) is 4.68 Å². The summed E-state index contributed by atoms with van der Waals surface area (Å²) in [5.74, 6) is 1.49. The van der Waals surface area contributed by atoms with Crippen molar-refractivity contribution in [2.24, 2.45) is 0 Å². The van der Waals surface area contributed by atoms with Gasteiger partial charge in [-0.15, -0.1) is 10.2 Å². The van der Waals surface area contributed by atoms with Crippen molar-refractivity contribution in [1.82, 2.24) is 20.0 Å². The predicted molar refractivity (Wildman–Crippen MR) is 92.5 cm³/mol. The van der Waals surface area contributed by atoms with E-state index in [1.165, 1.54) is 16.4 Å². The third-order valence-electron chi connectivity index (χ3n) is 3.53. The monoisotopic (exact) mass is 346 g/mol. The van der Waals surface area contributed by atoms with Crippen LogP contribution in [0.25, 0.3) is 10.8 Å². The Balaban J connectivity index is 1.68. The van der Waals surface area contributed by atoms with Crippen molar-refractivity contribution in [1.29, 1.82) is 0 Å². The summed E-state index contributed by atoms with van der Waals surface area (Å²) < 4.78 is 6.87. The molecule has 0 spiro atoms. The molecule has 2 heterocycles. The molecule has 8 heteroatoms. The number of rotatable bonds is 7. The summed E-state index contributed by atoms with van der Waals surface area (Å²) in [7, 11) is 0. The molecular weight excluding hydrogens is 328 g/mol. The zero-order valence-electron chi connectivity index (χ0n) is 13.3. The van der Waals surface area contributed by atoms with E-state index in [9.17, 15) is 9.59 Å². The third-order valence-corrected chi connectivity index (χ3v) is 4.56. The van der Waals surface area contributed by atoms with Crippen molar-refractivity contribution in [3.8, 4) is 0 Å². The Labute approximate surface area is 142 Å². The second-order valence-electron chi connectivity index (χ2n) is 5.36. The maximum Gasteiger partial charge on any atom is 0.276 e. The molecule has 24 heavy (non-hydrogen) atoms. The lowest BCUT2D eigenvalue weighted by atomic mass is 10.2. The van der Waals surface area contributed by atoms with Crippen LogP contribution in [0, 0.1) is 0 Å². The number of hydrogen-bond donors (Lipinski definition) is 1. The molecule has 0 radical (unpaired) electrons. The number of fused-ring (bicyclic) bond motifs is 1. The molecule has 3 aromatic rings. The number of benzene rings is 1. The second kappa shape index (κ2) is 7.48.